The van der Waals surface area contributed by atoms with E-state index in [0.717, 1.165) is 5.56 Å². The third-order valence-electron chi connectivity index (χ3n) is 4.41. The molecule has 2 aromatic rings. The monoisotopic (exact) mass is 389 g/mol. The number of hydrogen-bond acceptors (Lipinski definition) is 5. The highest BCUT2D eigenvalue weighted by atomic mass is 35.5. The minimum atomic E-state index is -0.368. The second-order valence-corrected chi connectivity index (χ2v) is 6.71. The van der Waals surface area contributed by atoms with Crippen molar-refractivity contribution in [1.82, 2.24) is 0 Å². The number of hydrogen-bond donors (Lipinski definition) is 1. The van der Waals surface area contributed by atoms with Crippen molar-refractivity contribution in [2.45, 2.75) is 19.3 Å². The van der Waals surface area contributed by atoms with Gasteiger partial charge in [0, 0.05) is 35.3 Å². The van der Waals surface area contributed by atoms with Crippen LogP contribution in [0.5, 0.6) is 17.2 Å². The number of amides is 1. The number of fused-ring (bicyclic) bond motifs is 1. The van der Waals surface area contributed by atoms with Gasteiger partial charge in [-0.2, -0.15) is 0 Å². The largest absolute Gasteiger partial charge is 0.497 e. The molecule has 0 radical (unpaired) electrons. The summed E-state index contributed by atoms with van der Waals surface area (Å²) in [4.78, 5) is 24.5. The summed E-state index contributed by atoms with van der Waals surface area (Å²) in [5.41, 5.74) is 1.79. The molecule has 142 valence electrons. The number of nitrogens with one attached hydrogen (secondary N) is 1. The molecular weight excluding hydrogens is 370 g/mol. The maximum absolute atomic E-state index is 12.3. The van der Waals surface area contributed by atoms with Crippen LogP contribution in [0.4, 0.5) is 5.69 Å². The lowest BCUT2D eigenvalue weighted by molar-refractivity contribution is -0.118. The Bertz CT molecular complexity index is 874. The van der Waals surface area contributed by atoms with Crippen LogP contribution in [0.1, 0.15) is 35.2 Å². The fourth-order valence-corrected chi connectivity index (χ4v) is 3.51. The second-order valence-electron chi connectivity index (χ2n) is 6.30. The van der Waals surface area contributed by atoms with Crippen molar-refractivity contribution in [2.75, 3.05) is 26.1 Å². The number of ketones is 1. The summed E-state index contributed by atoms with van der Waals surface area (Å²) in [7, 11) is 3.06. The number of rotatable bonds is 6. The van der Waals surface area contributed by atoms with E-state index in [-0.39, 0.29) is 24.2 Å². The molecule has 0 aliphatic heterocycles. The van der Waals surface area contributed by atoms with Gasteiger partial charge in [-0.05, 0) is 23.6 Å². The lowest BCUT2D eigenvalue weighted by atomic mass is 10.0. The lowest BCUT2D eigenvalue weighted by Crippen LogP contribution is -2.20. The average Bonchev–Trinajstić information content (AvgIpc) is 2.96. The van der Waals surface area contributed by atoms with Crippen LogP contribution in [0.15, 0.2) is 30.3 Å². The van der Waals surface area contributed by atoms with Gasteiger partial charge in [0.2, 0.25) is 0 Å². The van der Waals surface area contributed by atoms with E-state index in [0.29, 0.717) is 39.9 Å². The van der Waals surface area contributed by atoms with Crippen LogP contribution in [0.25, 0.3) is 0 Å². The van der Waals surface area contributed by atoms with E-state index in [1.165, 1.54) is 14.2 Å². The molecule has 0 saturated carbocycles. The first-order chi connectivity index (χ1) is 12.9. The Morgan fingerprint density at radius 2 is 1.85 bits per heavy atom. The van der Waals surface area contributed by atoms with E-state index >= 15 is 0 Å². The smallest absolute Gasteiger partial charge is 0.262 e. The maximum atomic E-state index is 12.3. The van der Waals surface area contributed by atoms with Crippen molar-refractivity contribution in [1.29, 1.82) is 0 Å². The van der Waals surface area contributed by atoms with Crippen LogP contribution in [-0.2, 0) is 4.79 Å². The van der Waals surface area contributed by atoms with E-state index in [2.05, 4.69) is 5.32 Å². The van der Waals surface area contributed by atoms with Gasteiger partial charge in [-0.15, -0.1) is 0 Å². The van der Waals surface area contributed by atoms with Crippen LogP contribution < -0.4 is 19.5 Å². The minimum absolute atomic E-state index is 0.0204. The molecule has 7 heteroatoms. The van der Waals surface area contributed by atoms with Gasteiger partial charge in [-0.1, -0.05) is 18.5 Å². The van der Waals surface area contributed by atoms with Gasteiger partial charge in [-0.25, -0.2) is 0 Å². The number of carbonyl (C=O) groups excluding carboxylic acids is 2. The van der Waals surface area contributed by atoms with Gasteiger partial charge in [0.25, 0.3) is 5.91 Å². The Morgan fingerprint density at radius 3 is 2.48 bits per heavy atom. The van der Waals surface area contributed by atoms with Gasteiger partial charge in [0.1, 0.15) is 17.2 Å². The van der Waals surface area contributed by atoms with Crippen molar-refractivity contribution in [2.24, 2.45) is 0 Å². The zero-order valence-corrected chi connectivity index (χ0v) is 16.1. The molecule has 1 aliphatic rings. The third kappa shape index (κ3) is 4.01. The van der Waals surface area contributed by atoms with Crippen molar-refractivity contribution < 1.29 is 23.8 Å². The summed E-state index contributed by atoms with van der Waals surface area (Å²) < 4.78 is 16.0. The highest BCUT2D eigenvalue weighted by molar-refractivity contribution is 6.32. The lowest BCUT2D eigenvalue weighted by Gasteiger charge is -2.13. The Morgan fingerprint density at radius 1 is 1.19 bits per heavy atom. The topological polar surface area (TPSA) is 73.9 Å². The second kappa shape index (κ2) is 7.88. The van der Waals surface area contributed by atoms with Gasteiger partial charge in [0.15, 0.2) is 12.4 Å². The molecule has 3 rings (SSSR count). The molecular formula is C20H20ClNO5. The van der Waals surface area contributed by atoms with Gasteiger partial charge >= 0.3 is 0 Å². The van der Waals surface area contributed by atoms with Crippen LogP contribution in [0.3, 0.4) is 0 Å². The third-order valence-corrected chi connectivity index (χ3v) is 4.74. The van der Waals surface area contributed by atoms with Crippen molar-refractivity contribution in [3.8, 4) is 17.2 Å². The highest BCUT2D eigenvalue weighted by Crippen LogP contribution is 2.42. The van der Waals surface area contributed by atoms with E-state index in [4.69, 9.17) is 25.8 Å². The number of halogens is 1. The Balaban J connectivity index is 1.72. The molecule has 0 unspecified atom stereocenters. The van der Waals surface area contributed by atoms with E-state index in [9.17, 15) is 9.59 Å². The molecule has 0 saturated heterocycles. The average molecular weight is 390 g/mol. The van der Waals surface area contributed by atoms with E-state index in [1.54, 1.807) is 30.3 Å². The molecule has 1 atom stereocenters. The van der Waals surface area contributed by atoms with Crippen molar-refractivity contribution >= 4 is 29.0 Å². The molecule has 27 heavy (non-hydrogen) atoms. The molecule has 2 aromatic carbocycles. The highest BCUT2D eigenvalue weighted by Gasteiger charge is 2.31. The molecule has 0 fully saturated rings. The number of methoxy groups -OCH3 is 2. The van der Waals surface area contributed by atoms with Crippen molar-refractivity contribution in [3.63, 3.8) is 0 Å². The summed E-state index contributed by atoms with van der Waals surface area (Å²) in [6, 6.07) is 8.36. The van der Waals surface area contributed by atoms with Crippen LogP contribution in [0, 0.1) is 0 Å². The summed E-state index contributed by atoms with van der Waals surface area (Å²) >= 11 is 6.22. The minimum Gasteiger partial charge on any atom is -0.497 e. The summed E-state index contributed by atoms with van der Waals surface area (Å²) in [5, 5.41) is 3.27. The van der Waals surface area contributed by atoms with Gasteiger partial charge in [0.05, 0.1) is 19.8 Å². The molecule has 0 aromatic heterocycles. The number of Topliss-reactive ketones (excluding diaryl/α,β-unsaturated/α-hetero) is 1. The Kier molecular flexibility index (Phi) is 5.56. The number of anilines is 1. The van der Waals surface area contributed by atoms with E-state index in [1.807, 2.05) is 6.92 Å². The summed E-state index contributed by atoms with van der Waals surface area (Å²) in [5.74, 6) is 1.14. The summed E-state index contributed by atoms with van der Waals surface area (Å²) in [6.07, 6.45) is 0.394. The zero-order valence-electron chi connectivity index (χ0n) is 15.3. The predicted octanol–water partition coefficient (Wildman–Crippen LogP) is 4.06. The van der Waals surface area contributed by atoms with E-state index < -0.39 is 0 Å². The first kappa shape index (κ1) is 19.0. The SMILES string of the molecule is COc1cc(NC(=O)COc2ccc(Cl)c3c2C(=O)C[C@@H]3C)cc(OC)c1. The zero-order chi connectivity index (χ0) is 19.6. The molecule has 0 spiro atoms. The summed E-state index contributed by atoms with van der Waals surface area (Å²) in [6.45, 7) is 1.71. The maximum Gasteiger partial charge on any atom is 0.262 e. The molecule has 1 amide bonds. The predicted molar refractivity (Wildman–Crippen MR) is 102 cm³/mol. The quantitative estimate of drug-likeness (QED) is 0.806. The molecule has 1 aliphatic carbocycles. The molecule has 0 heterocycles. The van der Waals surface area contributed by atoms with Crippen LogP contribution in [-0.4, -0.2) is 32.5 Å². The normalized spacial score (nSPS) is 15.3. The first-order valence-electron chi connectivity index (χ1n) is 8.44. The molecule has 6 nitrogen and oxygen atoms in total. The number of benzene rings is 2. The fraction of sp³-hybridized carbons (Fsp3) is 0.300. The molecule has 1 N–H and O–H groups in total. The molecule has 0 bridgehead atoms. The number of carbonyl (C=O) groups is 2. The standard InChI is InChI=1S/C20H20ClNO5/c1-11-6-16(23)20-17(5-4-15(21)19(11)20)27-10-18(24)22-12-7-13(25-2)9-14(8-12)26-3/h4-5,7-9,11H,6,10H2,1-3H3,(H,22,24)/t11-/m0/s1. The Labute approximate surface area is 162 Å². The first-order valence-corrected chi connectivity index (χ1v) is 8.82. The van der Waals surface area contributed by atoms with Crippen molar-refractivity contribution in [3.05, 3.63) is 46.5 Å². The van der Waals surface area contributed by atoms with Gasteiger partial charge in [-0.3, -0.25) is 9.59 Å². The van der Waals surface area contributed by atoms with Gasteiger partial charge < -0.3 is 19.5 Å². The van der Waals surface area contributed by atoms with Crippen LogP contribution in [0.2, 0.25) is 5.02 Å². The fourth-order valence-electron chi connectivity index (χ4n) is 3.17. The number of ether oxygens (including phenoxy) is 3. The van der Waals surface area contributed by atoms with Crippen LogP contribution >= 0.6 is 11.6 Å². The Hall–Kier alpha value is -2.73.